The van der Waals surface area contributed by atoms with E-state index < -0.39 is 27.8 Å². The van der Waals surface area contributed by atoms with Crippen molar-refractivity contribution in [3.63, 3.8) is 0 Å². The van der Waals surface area contributed by atoms with Gasteiger partial charge in [0.15, 0.2) is 5.75 Å². The van der Waals surface area contributed by atoms with E-state index in [4.69, 9.17) is 6.42 Å². The van der Waals surface area contributed by atoms with Gasteiger partial charge < -0.3 is 4.74 Å². The third-order valence-electron chi connectivity index (χ3n) is 1.22. The number of hydrogen-bond acceptors (Lipinski definition) is 4. The monoisotopic (exact) mass is 219 g/mol. The van der Waals surface area contributed by atoms with E-state index in [2.05, 4.69) is 15.4 Å². The summed E-state index contributed by atoms with van der Waals surface area (Å²) in [7, 11) is -3.68. The highest BCUT2D eigenvalue weighted by Gasteiger charge is 2.18. The SMILES string of the molecule is C#CC(C)NS(=O)(=O)CC(=O)OCC. The molecule has 0 aromatic carbocycles. The summed E-state index contributed by atoms with van der Waals surface area (Å²) in [5.41, 5.74) is 0. The van der Waals surface area contributed by atoms with Gasteiger partial charge in [0.05, 0.1) is 12.6 Å². The first kappa shape index (κ1) is 12.9. The quantitative estimate of drug-likeness (QED) is 0.499. The molecule has 1 N–H and O–H groups in total. The zero-order chi connectivity index (χ0) is 11.2. The molecule has 0 amide bonds. The van der Waals surface area contributed by atoms with Gasteiger partial charge in [-0.1, -0.05) is 5.92 Å². The van der Waals surface area contributed by atoms with E-state index in [9.17, 15) is 13.2 Å². The molecule has 0 aliphatic carbocycles. The molecule has 1 atom stereocenters. The fourth-order valence-electron chi connectivity index (χ4n) is 0.703. The predicted molar refractivity (Wildman–Crippen MR) is 51.9 cm³/mol. The van der Waals surface area contributed by atoms with Crippen LogP contribution in [0.3, 0.4) is 0 Å². The highest BCUT2D eigenvalue weighted by Crippen LogP contribution is 1.90. The predicted octanol–water partition coefficient (Wildman–Crippen LogP) is -0.509. The Hall–Kier alpha value is -1.06. The molecule has 0 spiro atoms. The number of carbonyl (C=O) groups excluding carboxylic acids is 1. The molecule has 0 aliphatic rings. The Kier molecular flexibility index (Phi) is 5.20. The minimum atomic E-state index is -3.68. The number of carbonyl (C=O) groups is 1. The number of ether oxygens (including phenoxy) is 1. The van der Waals surface area contributed by atoms with E-state index in [0.29, 0.717) is 0 Å². The highest BCUT2D eigenvalue weighted by atomic mass is 32.2. The maximum atomic E-state index is 11.2. The van der Waals surface area contributed by atoms with Crippen LogP contribution in [0.2, 0.25) is 0 Å². The van der Waals surface area contributed by atoms with Crippen molar-refractivity contribution in [2.45, 2.75) is 19.9 Å². The molecule has 0 saturated heterocycles. The van der Waals surface area contributed by atoms with E-state index in [0.717, 1.165) is 0 Å². The summed E-state index contributed by atoms with van der Waals surface area (Å²) >= 11 is 0. The molecule has 0 bridgehead atoms. The summed E-state index contributed by atoms with van der Waals surface area (Å²) in [6.07, 6.45) is 4.98. The number of sulfonamides is 1. The van der Waals surface area contributed by atoms with Gasteiger partial charge in [0.2, 0.25) is 10.0 Å². The zero-order valence-electron chi connectivity index (χ0n) is 8.11. The van der Waals surface area contributed by atoms with Gasteiger partial charge in [0.1, 0.15) is 0 Å². The molecule has 0 aliphatic heterocycles. The maximum Gasteiger partial charge on any atom is 0.322 e. The van der Waals surface area contributed by atoms with Gasteiger partial charge in [-0.3, -0.25) is 4.79 Å². The van der Waals surface area contributed by atoms with Crippen LogP contribution < -0.4 is 4.72 Å². The molecular weight excluding hydrogens is 206 g/mol. The first-order valence-electron chi connectivity index (χ1n) is 4.03. The van der Waals surface area contributed by atoms with Crippen molar-refractivity contribution < 1.29 is 17.9 Å². The van der Waals surface area contributed by atoms with E-state index in [1.165, 1.54) is 6.92 Å². The Bertz CT molecular complexity index is 328. The second kappa shape index (κ2) is 5.62. The minimum Gasteiger partial charge on any atom is -0.465 e. The lowest BCUT2D eigenvalue weighted by atomic mass is 10.4. The summed E-state index contributed by atoms with van der Waals surface area (Å²) in [6, 6.07) is -0.630. The molecule has 0 aromatic rings. The molecule has 0 heterocycles. The van der Waals surface area contributed by atoms with Crippen LogP contribution in [-0.4, -0.2) is 32.8 Å². The van der Waals surface area contributed by atoms with Crippen molar-refractivity contribution in [2.75, 3.05) is 12.4 Å². The van der Waals surface area contributed by atoms with Crippen LogP contribution in [0, 0.1) is 12.3 Å². The Labute approximate surface area is 83.9 Å². The van der Waals surface area contributed by atoms with E-state index in [1.54, 1.807) is 6.92 Å². The summed E-state index contributed by atoms with van der Waals surface area (Å²) < 4.78 is 29.0. The second-order valence-corrected chi connectivity index (χ2v) is 4.32. The largest absolute Gasteiger partial charge is 0.465 e. The standard InChI is InChI=1S/C8H13NO4S/c1-4-7(3)9-14(11,12)6-8(10)13-5-2/h1,7,9H,5-6H2,2-3H3. The summed E-state index contributed by atoms with van der Waals surface area (Å²) in [5.74, 6) is 0.695. The van der Waals surface area contributed by atoms with Crippen molar-refractivity contribution in [1.29, 1.82) is 0 Å². The fraction of sp³-hybridized carbons (Fsp3) is 0.625. The van der Waals surface area contributed by atoms with Gasteiger partial charge in [-0.05, 0) is 13.8 Å². The maximum absolute atomic E-state index is 11.2. The first-order valence-corrected chi connectivity index (χ1v) is 5.68. The number of nitrogens with one attached hydrogen (secondary N) is 1. The van der Waals surface area contributed by atoms with Crippen LogP contribution in [-0.2, 0) is 19.6 Å². The molecule has 0 rings (SSSR count). The molecule has 0 fully saturated rings. The molecular formula is C8H13NO4S. The average Bonchev–Trinajstić information content (AvgIpc) is 2.02. The zero-order valence-corrected chi connectivity index (χ0v) is 8.93. The van der Waals surface area contributed by atoms with E-state index in [-0.39, 0.29) is 6.61 Å². The molecule has 5 nitrogen and oxygen atoms in total. The minimum absolute atomic E-state index is 0.152. The van der Waals surface area contributed by atoms with Crippen LogP contribution in [0.25, 0.3) is 0 Å². The molecule has 0 aromatic heterocycles. The van der Waals surface area contributed by atoms with Crippen molar-refractivity contribution in [2.24, 2.45) is 0 Å². The number of rotatable bonds is 5. The lowest BCUT2D eigenvalue weighted by molar-refractivity contribution is -0.139. The van der Waals surface area contributed by atoms with Crippen molar-refractivity contribution in [3.05, 3.63) is 0 Å². The van der Waals surface area contributed by atoms with Crippen LogP contribution in [0.1, 0.15) is 13.8 Å². The van der Waals surface area contributed by atoms with Gasteiger partial charge in [0, 0.05) is 0 Å². The topological polar surface area (TPSA) is 72.5 Å². The Morgan fingerprint density at radius 3 is 2.64 bits per heavy atom. The van der Waals surface area contributed by atoms with Gasteiger partial charge in [-0.15, -0.1) is 6.42 Å². The summed E-state index contributed by atoms with van der Waals surface area (Å²) in [6.45, 7) is 3.25. The smallest absolute Gasteiger partial charge is 0.322 e. The molecule has 0 radical (unpaired) electrons. The van der Waals surface area contributed by atoms with E-state index >= 15 is 0 Å². The normalized spacial score (nSPS) is 12.9. The second-order valence-electron chi connectivity index (χ2n) is 2.57. The van der Waals surface area contributed by atoms with Crippen LogP contribution in [0.15, 0.2) is 0 Å². The van der Waals surface area contributed by atoms with Gasteiger partial charge in [-0.2, -0.15) is 0 Å². The Morgan fingerprint density at radius 1 is 1.64 bits per heavy atom. The molecule has 14 heavy (non-hydrogen) atoms. The average molecular weight is 219 g/mol. The molecule has 80 valence electrons. The van der Waals surface area contributed by atoms with Crippen LogP contribution in [0.5, 0.6) is 0 Å². The highest BCUT2D eigenvalue weighted by molar-refractivity contribution is 7.90. The van der Waals surface area contributed by atoms with Crippen molar-refractivity contribution >= 4 is 16.0 Å². The Balaban J connectivity index is 4.23. The molecule has 0 saturated carbocycles. The fourth-order valence-corrected chi connectivity index (χ4v) is 1.79. The molecule has 1 unspecified atom stereocenters. The summed E-state index contributed by atoms with van der Waals surface area (Å²) in [4.78, 5) is 10.8. The van der Waals surface area contributed by atoms with Gasteiger partial charge in [0.25, 0.3) is 0 Å². The van der Waals surface area contributed by atoms with Gasteiger partial charge >= 0.3 is 5.97 Å². The lowest BCUT2D eigenvalue weighted by Crippen LogP contribution is -2.36. The first-order chi connectivity index (χ1) is 6.41. The van der Waals surface area contributed by atoms with Crippen molar-refractivity contribution in [3.8, 4) is 12.3 Å². The third kappa shape index (κ3) is 5.56. The Morgan fingerprint density at radius 2 is 2.21 bits per heavy atom. The third-order valence-corrected chi connectivity index (χ3v) is 2.55. The number of terminal acetylenes is 1. The lowest BCUT2D eigenvalue weighted by Gasteiger charge is -2.07. The van der Waals surface area contributed by atoms with Gasteiger partial charge in [-0.25, -0.2) is 13.1 Å². The summed E-state index contributed by atoms with van der Waals surface area (Å²) in [5, 5.41) is 0. The van der Waals surface area contributed by atoms with Crippen molar-refractivity contribution in [1.82, 2.24) is 4.72 Å². The molecule has 6 heteroatoms. The number of hydrogen-bond donors (Lipinski definition) is 1. The van der Waals surface area contributed by atoms with E-state index in [1.807, 2.05) is 0 Å². The van der Waals surface area contributed by atoms with Crippen LogP contribution in [0.4, 0.5) is 0 Å². The van der Waals surface area contributed by atoms with Crippen LogP contribution >= 0.6 is 0 Å². The number of esters is 1.